The molecule has 3 rings (SSSR count). The Morgan fingerprint density at radius 1 is 0.967 bits per heavy atom. The second kappa shape index (κ2) is 8.48. The fourth-order valence-corrected chi connectivity index (χ4v) is 4.84. The van der Waals surface area contributed by atoms with E-state index in [0.29, 0.717) is 31.5 Å². The number of hydrogen-bond acceptors (Lipinski definition) is 4. The van der Waals surface area contributed by atoms with Gasteiger partial charge in [0.05, 0.1) is 10.4 Å². The summed E-state index contributed by atoms with van der Waals surface area (Å²) in [6.45, 7) is 0.995. The smallest absolute Gasteiger partial charge is 0.406 e. The van der Waals surface area contributed by atoms with Gasteiger partial charge in [-0.05, 0) is 55.8 Å². The third-order valence-corrected chi connectivity index (χ3v) is 6.42. The lowest BCUT2D eigenvalue weighted by atomic mass is 9.82. The zero-order valence-corrected chi connectivity index (χ0v) is 16.4. The van der Waals surface area contributed by atoms with E-state index in [9.17, 15) is 30.4 Å². The maximum absolute atomic E-state index is 12.9. The Morgan fingerprint density at radius 2 is 1.53 bits per heavy atom. The third kappa shape index (κ3) is 5.27. The van der Waals surface area contributed by atoms with Crippen LogP contribution in [0.5, 0.6) is 5.75 Å². The van der Waals surface area contributed by atoms with Crippen molar-refractivity contribution in [3.8, 4) is 5.75 Å². The van der Waals surface area contributed by atoms with Gasteiger partial charge in [0.2, 0.25) is 10.0 Å². The molecule has 0 amide bonds. The largest absolute Gasteiger partial charge is 0.573 e. The number of sulfonamides is 1. The number of hydrogen-bond donors (Lipinski definition) is 2. The molecular weight excluding hydrogens is 431 g/mol. The Kier molecular flexibility index (Phi) is 6.34. The summed E-state index contributed by atoms with van der Waals surface area (Å²) in [7, 11) is -4.12. The van der Waals surface area contributed by atoms with Crippen LogP contribution in [-0.4, -0.2) is 27.9 Å². The SMILES string of the molecule is O=S(=O)(NC1(c2ccc(C(F)F)cc2)CCNCC1)c1ccc(OC(F)(F)F)cc1. The first-order chi connectivity index (χ1) is 14.0. The molecule has 0 unspecified atom stereocenters. The molecule has 0 atom stereocenters. The first-order valence-corrected chi connectivity index (χ1v) is 10.5. The van der Waals surface area contributed by atoms with Gasteiger partial charge in [-0.1, -0.05) is 24.3 Å². The molecule has 164 valence electrons. The Bertz CT molecular complexity index is 955. The Hall–Kier alpha value is -2.24. The molecule has 1 fully saturated rings. The lowest BCUT2D eigenvalue weighted by Gasteiger charge is -2.38. The molecule has 0 bridgehead atoms. The summed E-state index contributed by atoms with van der Waals surface area (Å²) in [5, 5.41) is 3.12. The average molecular weight is 450 g/mol. The van der Waals surface area contributed by atoms with Crippen molar-refractivity contribution in [3.63, 3.8) is 0 Å². The third-order valence-electron chi connectivity index (χ3n) is 4.87. The number of benzene rings is 2. The highest BCUT2D eigenvalue weighted by Gasteiger charge is 2.38. The predicted octanol–water partition coefficient (Wildman–Crippen LogP) is 4.08. The van der Waals surface area contributed by atoms with E-state index in [1.54, 1.807) is 0 Å². The van der Waals surface area contributed by atoms with Gasteiger partial charge in [0.15, 0.2) is 0 Å². The standard InChI is InChI=1S/C19H19F5N2O3S/c20-17(21)13-1-3-14(4-2-13)18(9-11-25-12-10-18)26-30(27,28)16-7-5-15(6-8-16)29-19(22,23)24/h1-8,17,25-26H,9-12H2. The average Bonchev–Trinajstić information content (AvgIpc) is 2.67. The lowest BCUT2D eigenvalue weighted by Crippen LogP contribution is -2.52. The van der Waals surface area contributed by atoms with Crippen LogP contribution in [0.1, 0.15) is 30.4 Å². The van der Waals surface area contributed by atoms with E-state index in [0.717, 1.165) is 24.3 Å². The molecule has 2 aromatic carbocycles. The molecular formula is C19H19F5N2O3S. The second-order valence-electron chi connectivity index (χ2n) is 6.88. The zero-order valence-electron chi connectivity index (χ0n) is 15.5. The predicted molar refractivity (Wildman–Crippen MR) is 98.6 cm³/mol. The second-order valence-corrected chi connectivity index (χ2v) is 8.56. The maximum atomic E-state index is 12.9. The number of alkyl halides is 5. The molecule has 2 aromatic rings. The normalized spacial score (nSPS) is 17.1. The molecule has 0 aromatic heterocycles. The van der Waals surface area contributed by atoms with Crippen LogP contribution in [0.2, 0.25) is 0 Å². The summed E-state index contributed by atoms with van der Waals surface area (Å²) in [6, 6.07) is 9.28. The van der Waals surface area contributed by atoms with E-state index in [1.165, 1.54) is 24.3 Å². The van der Waals surface area contributed by atoms with Crippen molar-refractivity contribution in [2.75, 3.05) is 13.1 Å². The quantitative estimate of drug-likeness (QED) is 0.651. The minimum Gasteiger partial charge on any atom is -0.406 e. The molecule has 0 spiro atoms. The minimum absolute atomic E-state index is 0.175. The van der Waals surface area contributed by atoms with Crippen molar-refractivity contribution in [1.82, 2.24) is 10.0 Å². The summed E-state index contributed by atoms with van der Waals surface area (Å²) in [5.41, 5.74) is -0.675. The van der Waals surface area contributed by atoms with Crippen molar-refractivity contribution >= 4 is 10.0 Å². The fourth-order valence-electron chi connectivity index (χ4n) is 3.39. The topological polar surface area (TPSA) is 67.4 Å². The number of halogens is 5. The van der Waals surface area contributed by atoms with Crippen LogP contribution in [0.15, 0.2) is 53.4 Å². The molecule has 1 aliphatic heterocycles. The molecule has 0 aliphatic carbocycles. The molecule has 5 nitrogen and oxygen atoms in total. The van der Waals surface area contributed by atoms with Gasteiger partial charge in [0, 0.05) is 5.56 Å². The van der Waals surface area contributed by atoms with Gasteiger partial charge >= 0.3 is 6.36 Å². The molecule has 1 aliphatic rings. The maximum Gasteiger partial charge on any atom is 0.573 e. The molecule has 1 heterocycles. The first-order valence-electron chi connectivity index (χ1n) is 9.00. The highest BCUT2D eigenvalue weighted by Crippen LogP contribution is 2.34. The number of piperidine rings is 1. The van der Waals surface area contributed by atoms with Crippen LogP contribution in [0.25, 0.3) is 0 Å². The summed E-state index contributed by atoms with van der Waals surface area (Å²) < 4.78 is 94.9. The summed E-state index contributed by atoms with van der Waals surface area (Å²) >= 11 is 0. The van der Waals surface area contributed by atoms with Gasteiger partial charge in [-0.25, -0.2) is 21.9 Å². The van der Waals surface area contributed by atoms with Crippen molar-refractivity contribution < 1.29 is 35.1 Å². The van der Waals surface area contributed by atoms with E-state index in [-0.39, 0.29) is 10.5 Å². The van der Waals surface area contributed by atoms with E-state index in [1.807, 2.05) is 0 Å². The highest BCUT2D eigenvalue weighted by molar-refractivity contribution is 7.89. The van der Waals surface area contributed by atoms with Gasteiger partial charge in [0.25, 0.3) is 6.43 Å². The van der Waals surface area contributed by atoms with E-state index in [4.69, 9.17) is 0 Å². The van der Waals surface area contributed by atoms with Gasteiger partial charge in [-0.15, -0.1) is 13.2 Å². The van der Waals surface area contributed by atoms with E-state index < -0.39 is 34.1 Å². The molecule has 11 heteroatoms. The van der Waals surface area contributed by atoms with Crippen molar-refractivity contribution in [2.45, 2.75) is 36.1 Å². The summed E-state index contributed by atoms with van der Waals surface area (Å²) in [5.74, 6) is -0.541. The Labute approximate surface area is 170 Å². The monoisotopic (exact) mass is 450 g/mol. The molecule has 30 heavy (non-hydrogen) atoms. The van der Waals surface area contributed by atoms with Crippen LogP contribution in [0, 0.1) is 0 Å². The Balaban J connectivity index is 1.88. The summed E-state index contributed by atoms with van der Waals surface area (Å²) in [4.78, 5) is -0.237. The van der Waals surface area contributed by atoms with Gasteiger partial charge in [-0.2, -0.15) is 0 Å². The lowest BCUT2D eigenvalue weighted by molar-refractivity contribution is -0.274. The molecule has 0 saturated carbocycles. The highest BCUT2D eigenvalue weighted by atomic mass is 32.2. The van der Waals surface area contributed by atoms with Crippen LogP contribution in [0.3, 0.4) is 0 Å². The first kappa shape index (κ1) is 22.4. The molecule has 1 saturated heterocycles. The van der Waals surface area contributed by atoms with Gasteiger partial charge < -0.3 is 10.1 Å². The fraction of sp³-hybridized carbons (Fsp3) is 0.368. The zero-order chi connectivity index (χ0) is 22.0. The van der Waals surface area contributed by atoms with Crippen LogP contribution in [-0.2, 0) is 15.6 Å². The van der Waals surface area contributed by atoms with Crippen molar-refractivity contribution in [3.05, 3.63) is 59.7 Å². The van der Waals surface area contributed by atoms with Crippen LogP contribution in [0.4, 0.5) is 22.0 Å². The Morgan fingerprint density at radius 3 is 2.03 bits per heavy atom. The van der Waals surface area contributed by atoms with Crippen molar-refractivity contribution in [2.24, 2.45) is 0 Å². The molecule has 2 N–H and O–H groups in total. The van der Waals surface area contributed by atoms with Crippen LogP contribution < -0.4 is 14.8 Å². The van der Waals surface area contributed by atoms with Crippen LogP contribution >= 0.6 is 0 Å². The molecule has 0 radical (unpaired) electrons. The van der Waals surface area contributed by atoms with Gasteiger partial charge in [-0.3, -0.25) is 0 Å². The van der Waals surface area contributed by atoms with Gasteiger partial charge in [0.1, 0.15) is 5.75 Å². The van der Waals surface area contributed by atoms with E-state index >= 15 is 0 Å². The number of nitrogens with one attached hydrogen (secondary N) is 2. The van der Waals surface area contributed by atoms with Crippen molar-refractivity contribution in [1.29, 1.82) is 0 Å². The summed E-state index contributed by atoms with van der Waals surface area (Å²) in [6.07, 6.45) is -6.79. The minimum atomic E-state index is -4.89. The number of rotatable bonds is 6. The number of ether oxygens (including phenoxy) is 1. The van der Waals surface area contributed by atoms with E-state index in [2.05, 4.69) is 14.8 Å².